The lowest BCUT2D eigenvalue weighted by molar-refractivity contribution is 0.735. The predicted molar refractivity (Wildman–Crippen MR) is 94.7 cm³/mol. The van der Waals surface area contributed by atoms with Gasteiger partial charge in [-0.1, -0.05) is 52.3 Å². The lowest BCUT2D eigenvalue weighted by atomic mass is 10.1. The van der Waals surface area contributed by atoms with Crippen LogP contribution < -0.4 is 10.6 Å². The first kappa shape index (κ1) is 16.1. The quantitative estimate of drug-likeness (QED) is 0.841. The number of anilines is 1. The molecule has 0 aliphatic rings. The highest BCUT2D eigenvalue weighted by atomic mass is 79.9. The van der Waals surface area contributed by atoms with Gasteiger partial charge >= 0.3 is 0 Å². The Morgan fingerprint density at radius 3 is 2.43 bits per heavy atom. The highest BCUT2D eigenvalue weighted by Gasteiger charge is 2.09. The van der Waals surface area contributed by atoms with Crippen LogP contribution in [0.2, 0.25) is 0 Å². The van der Waals surface area contributed by atoms with Crippen LogP contribution >= 0.6 is 15.9 Å². The average molecular weight is 347 g/mol. The average Bonchev–Trinajstić information content (AvgIpc) is 2.47. The van der Waals surface area contributed by atoms with Crippen molar-refractivity contribution < 1.29 is 0 Å². The summed E-state index contributed by atoms with van der Waals surface area (Å²) >= 11 is 3.68. The number of nitrogens with two attached hydrogens (primary N) is 1. The molecule has 2 rings (SSSR count). The number of hydrogen-bond acceptors (Lipinski definition) is 2. The van der Waals surface area contributed by atoms with Gasteiger partial charge in [0.1, 0.15) is 0 Å². The van der Waals surface area contributed by atoms with E-state index in [-0.39, 0.29) is 6.04 Å². The van der Waals surface area contributed by atoms with Crippen LogP contribution in [0.1, 0.15) is 25.0 Å². The van der Waals surface area contributed by atoms with Gasteiger partial charge in [0.2, 0.25) is 0 Å². The zero-order valence-corrected chi connectivity index (χ0v) is 14.3. The Kier molecular flexibility index (Phi) is 5.83. The minimum Gasteiger partial charge on any atom is -0.367 e. The summed E-state index contributed by atoms with van der Waals surface area (Å²) in [6.45, 7) is 6.13. The second-order valence-electron chi connectivity index (χ2n) is 5.46. The van der Waals surface area contributed by atoms with Crippen molar-refractivity contribution in [1.29, 1.82) is 0 Å². The van der Waals surface area contributed by atoms with Crippen LogP contribution in [0.5, 0.6) is 0 Å². The van der Waals surface area contributed by atoms with E-state index in [9.17, 15) is 0 Å². The fourth-order valence-electron chi connectivity index (χ4n) is 2.43. The third-order valence-corrected chi connectivity index (χ3v) is 4.28. The van der Waals surface area contributed by atoms with E-state index in [1.165, 1.54) is 16.8 Å². The maximum Gasteiger partial charge on any atom is 0.0429 e. The molecule has 0 heterocycles. The van der Waals surface area contributed by atoms with E-state index in [1.54, 1.807) is 0 Å². The molecule has 0 aromatic heterocycles. The van der Waals surface area contributed by atoms with E-state index < -0.39 is 0 Å². The Hall–Kier alpha value is -1.32. The fraction of sp³-hybridized carbons (Fsp3) is 0.333. The molecule has 112 valence electrons. The van der Waals surface area contributed by atoms with Gasteiger partial charge in [-0.05, 0) is 43.5 Å². The lowest BCUT2D eigenvalue weighted by Crippen LogP contribution is -2.22. The van der Waals surface area contributed by atoms with Gasteiger partial charge in [0.05, 0.1) is 0 Å². The lowest BCUT2D eigenvalue weighted by Gasteiger charge is -2.24. The van der Waals surface area contributed by atoms with Gasteiger partial charge in [-0.2, -0.15) is 0 Å². The van der Waals surface area contributed by atoms with Crippen molar-refractivity contribution in [2.45, 2.75) is 32.9 Å². The van der Waals surface area contributed by atoms with Gasteiger partial charge in [-0.15, -0.1) is 0 Å². The fourth-order valence-corrected chi connectivity index (χ4v) is 2.96. The van der Waals surface area contributed by atoms with Crippen LogP contribution in [0.3, 0.4) is 0 Å². The number of benzene rings is 2. The molecule has 1 unspecified atom stereocenters. The molecule has 21 heavy (non-hydrogen) atoms. The molecule has 0 saturated carbocycles. The van der Waals surface area contributed by atoms with Crippen LogP contribution in [0.15, 0.2) is 53.0 Å². The first-order valence-electron chi connectivity index (χ1n) is 7.43. The Bertz CT molecular complexity index is 567. The molecule has 2 nitrogen and oxygen atoms in total. The van der Waals surface area contributed by atoms with Crippen LogP contribution in [0.4, 0.5) is 5.69 Å². The minimum atomic E-state index is 0.179. The molecular weight excluding hydrogens is 324 g/mol. The molecule has 0 spiro atoms. The van der Waals surface area contributed by atoms with Crippen molar-refractivity contribution >= 4 is 21.6 Å². The summed E-state index contributed by atoms with van der Waals surface area (Å²) in [5.41, 5.74) is 9.72. The number of hydrogen-bond donors (Lipinski definition) is 1. The van der Waals surface area contributed by atoms with E-state index in [0.717, 1.165) is 24.0 Å². The Morgan fingerprint density at radius 2 is 1.86 bits per heavy atom. The molecule has 2 N–H and O–H groups in total. The molecular formula is C18H23BrN2. The second-order valence-corrected chi connectivity index (χ2v) is 6.31. The standard InChI is InChI=1S/C18H23BrN2/c1-3-21(13-15-7-5-4-6-8-15)17-10-9-16(11-14(2)20)18(19)12-17/h4-10,12,14H,3,11,13,20H2,1-2H3. The minimum absolute atomic E-state index is 0.179. The van der Waals surface area contributed by atoms with Gasteiger partial charge in [0, 0.05) is 29.3 Å². The highest BCUT2D eigenvalue weighted by Crippen LogP contribution is 2.26. The molecule has 0 aliphatic heterocycles. The van der Waals surface area contributed by atoms with Crippen LogP contribution in [0.25, 0.3) is 0 Å². The largest absolute Gasteiger partial charge is 0.367 e. The van der Waals surface area contributed by atoms with Gasteiger partial charge < -0.3 is 10.6 Å². The maximum atomic E-state index is 5.89. The molecule has 0 bridgehead atoms. The van der Waals surface area contributed by atoms with Crippen LogP contribution in [0, 0.1) is 0 Å². The van der Waals surface area contributed by atoms with Gasteiger partial charge in [0.25, 0.3) is 0 Å². The Morgan fingerprint density at radius 1 is 1.14 bits per heavy atom. The summed E-state index contributed by atoms with van der Waals surface area (Å²) in [6.07, 6.45) is 0.895. The van der Waals surface area contributed by atoms with E-state index >= 15 is 0 Å². The van der Waals surface area contributed by atoms with Crippen molar-refractivity contribution in [3.8, 4) is 0 Å². The Balaban J connectivity index is 2.17. The molecule has 2 aromatic rings. The summed E-state index contributed by atoms with van der Waals surface area (Å²) in [5.74, 6) is 0. The number of halogens is 1. The third-order valence-electron chi connectivity index (χ3n) is 3.54. The second kappa shape index (κ2) is 7.62. The summed E-state index contributed by atoms with van der Waals surface area (Å²) in [4.78, 5) is 2.37. The smallest absolute Gasteiger partial charge is 0.0429 e. The van der Waals surface area contributed by atoms with E-state index in [1.807, 2.05) is 6.92 Å². The van der Waals surface area contributed by atoms with E-state index in [2.05, 4.69) is 76.3 Å². The molecule has 2 aromatic carbocycles. The molecule has 3 heteroatoms. The molecule has 0 fully saturated rings. The van der Waals surface area contributed by atoms with Crippen molar-refractivity contribution in [3.63, 3.8) is 0 Å². The topological polar surface area (TPSA) is 29.3 Å². The molecule has 1 atom stereocenters. The number of rotatable bonds is 6. The van der Waals surface area contributed by atoms with Gasteiger partial charge in [-0.3, -0.25) is 0 Å². The normalized spacial score (nSPS) is 12.2. The Labute approximate surface area is 136 Å². The monoisotopic (exact) mass is 346 g/mol. The highest BCUT2D eigenvalue weighted by molar-refractivity contribution is 9.10. The SMILES string of the molecule is CCN(Cc1ccccc1)c1ccc(CC(C)N)c(Br)c1. The van der Waals surface area contributed by atoms with Crippen LogP contribution in [-0.4, -0.2) is 12.6 Å². The summed E-state index contributed by atoms with van der Waals surface area (Å²) in [7, 11) is 0. The zero-order valence-electron chi connectivity index (χ0n) is 12.7. The molecule has 0 saturated heterocycles. The summed E-state index contributed by atoms with van der Waals surface area (Å²) in [6, 6.07) is 17.3. The predicted octanol–water partition coefficient (Wildman–Crippen LogP) is 4.37. The van der Waals surface area contributed by atoms with Gasteiger partial charge in [0.15, 0.2) is 0 Å². The van der Waals surface area contributed by atoms with Crippen molar-refractivity contribution in [1.82, 2.24) is 0 Å². The van der Waals surface area contributed by atoms with Crippen molar-refractivity contribution in [2.75, 3.05) is 11.4 Å². The van der Waals surface area contributed by atoms with Crippen LogP contribution in [-0.2, 0) is 13.0 Å². The van der Waals surface area contributed by atoms with Crippen molar-refractivity contribution in [3.05, 3.63) is 64.1 Å². The van der Waals surface area contributed by atoms with Crippen molar-refractivity contribution in [2.24, 2.45) is 5.73 Å². The molecule has 0 radical (unpaired) electrons. The zero-order chi connectivity index (χ0) is 15.2. The first-order valence-corrected chi connectivity index (χ1v) is 8.22. The first-order chi connectivity index (χ1) is 10.1. The number of nitrogens with zero attached hydrogens (tertiary/aromatic N) is 1. The van der Waals surface area contributed by atoms with E-state index in [4.69, 9.17) is 5.73 Å². The third kappa shape index (κ3) is 4.58. The van der Waals surface area contributed by atoms with E-state index in [0.29, 0.717) is 0 Å². The molecule has 0 aliphatic carbocycles. The summed E-state index contributed by atoms with van der Waals surface area (Å²) in [5, 5.41) is 0. The molecule has 0 amide bonds. The summed E-state index contributed by atoms with van der Waals surface area (Å²) < 4.78 is 1.14. The maximum absolute atomic E-state index is 5.89. The van der Waals surface area contributed by atoms with Gasteiger partial charge in [-0.25, -0.2) is 0 Å².